The van der Waals surface area contributed by atoms with Crippen molar-refractivity contribution >= 4 is 27.5 Å². The van der Waals surface area contributed by atoms with Gasteiger partial charge in [-0.25, -0.2) is 12.7 Å². The summed E-state index contributed by atoms with van der Waals surface area (Å²) >= 11 is 0. The van der Waals surface area contributed by atoms with E-state index in [1.54, 1.807) is 6.07 Å². The number of nitrogens with zero attached hydrogens (tertiary/aromatic N) is 2. The summed E-state index contributed by atoms with van der Waals surface area (Å²) in [5.74, 6) is -0.776. The van der Waals surface area contributed by atoms with E-state index in [1.807, 2.05) is 20.8 Å². The first kappa shape index (κ1) is 22.2. The first-order valence-corrected chi connectivity index (χ1v) is 10.8. The predicted octanol–water partition coefficient (Wildman–Crippen LogP) is 1.18. The van der Waals surface area contributed by atoms with Gasteiger partial charge in [0.2, 0.25) is 15.9 Å². The molecule has 0 aliphatic carbocycles. The van der Waals surface area contributed by atoms with Crippen LogP contribution in [-0.4, -0.2) is 63.8 Å². The van der Waals surface area contributed by atoms with Gasteiger partial charge in [-0.1, -0.05) is 0 Å². The number of carbonyl (C=O) groups excluding carboxylic acids is 2. The summed E-state index contributed by atoms with van der Waals surface area (Å²) in [4.78, 5) is 26.9. The lowest BCUT2D eigenvalue weighted by atomic mass is 10.1. The van der Waals surface area contributed by atoms with Gasteiger partial charge in [-0.05, 0) is 51.8 Å². The van der Waals surface area contributed by atoms with Crippen LogP contribution in [0.4, 0.5) is 5.69 Å². The molecule has 2 amide bonds. The van der Waals surface area contributed by atoms with Crippen LogP contribution >= 0.6 is 0 Å². The summed E-state index contributed by atoms with van der Waals surface area (Å²) in [7, 11) is -0.783. The Bertz CT molecular complexity index is 838. The molecule has 1 heterocycles. The van der Waals surface area contributed by atoms with Gasteiger partial charge in [0.05, 0.1) is 17.0 Å². The molecule has 156 valence electrons. The van der Waals surface area contributed by atoms with E-state index < -0.39 is 21.5 Å². The van der Waals surface area contributed by atoms with Crippen LogP contribution in [0, 0.1) is 0 Å². The Morgan fingerprint density at radius 3 is 2.29 bits per heavy atom. The topological polar surface area (TPSA) is 98.8 Å². The summed E-state index contributed by atoms with van der Waals surface area (Å²) in [5, 5.41) is 5.39. The van der Waals surface area contributed by atoms with Crippen molar-refractivity contribution in [3.8, 4) is 0 Å². The van der Waals surface area contributed by atoms with E-state index in [1.165, 1.54) is 26.2 Å². The molecule has 1 aromatic rings. The van der Waals surface area contributed by atoms with Crippen molar-refractivity contribution in [1.29, 1.82) is 0 Å². The Kier molecular flexibility index (Phi) is 6.71. The van der Waals surface area contributed by atoms with Crippen molar-refractivity contribution < 1.29 is 18.0 Å². The molecule has 0 aromatic heterocycles. The maximum absolute atomic E-state index is 12.8. The molecule has 0 spiro atoms. The largest absolute Gasteiger partial charge is 0.371 e. The fourth-order valence-corrected chi connectivity index (χ4v) is 3.95. The van der Waals surface area contributed by atoms with Crippen LogP contribution < -0.4 is 15.5 Å². The second kappa shape index (κ2) is 8.48. The van der Waals surface area contributed by atoms with Gasteiger partial charge in [0.1, 0.15) is 0 Å². The van der Waals surface area contributed by atoms with Crippen molar-refractivity contribution in [2.24, 2.45) is 0 Å². The number of nitrogens with one attached hydrogen (secondary N) is 2. The minimum absolute atomic E-state index is 0.0461. The molecule has 1 fully saturated rings. The van der Waals surface area contributed by atoms with E-state index >= 15 is 0 Å². The predicted molar refractivity (Wildman–Crippen MR) is 109 cm³/mol. The van der Waals surface area contributed by atoms with Gasteiger partial charge in [-0.3, -0.25) is 9.59 Å². The van der Waals surface area contributed by atoms with Crippen LogP contribution in [0.25, 0.3) is 0 Å². The van der Waals surface area contributed by atoms with Gasteiger partial charge in [0, 0.05) is 38.4 Å². The molecule has 1 aliphatic rings. The zero-order valence-electron chi connectivity index (χ0n) is 17.2. The van der Waals surface area contributed by atoms with Crippen molar-refractivity contribution in [2.75, 3.05) is 38.6 Å². The highest BCUT2D eigenvalue weighted by Crippen LogP contribution is 2.28. The molecule has 2 rings (SSSR count). The maximum atomic E-state index is 12.8. The van der Waals surface area contributed by atoms with E-state index in [9.17, 15) is 18.0 Å². The summed E-state index contributed by atoms with van der Waals surface area (Å²) in [6, 6.07) is 4.58. The molecule has 0 unspecified atom stereocenters. The normalized spacial score (nSPS) is 15.0. The number of benzene rings is 1. The molecular weight excluding hydrogens is 380 g/mol. The van der Waals surface area contributed by atoms with Crippen molar-refractivity contribution in [2.45, 2.75) is 44.0 Å². The quantitative estimate of drug-likeness (QED) is 0.734. The first-order valence-electron chi connectivity index (χ1n) is 9.32. The zero-order chi connectivity index (χ0) is 21.1. The molecule has 1 aromatic carbocycles. The van der Waals surface area contributed by atoms with E-state index in [0.717, 1.165) is 30.2 Å². The molecular formula is C19H30N4O4S. The van der Waals surface area contributed by atoms with Crippen LogP contribution in [0.15, 0.2) is 23.1 Å². The third kappa shape index (κ3) is 5.45. The van der Waals surface area contributed by atoms with Crippen LogP contribution in [0.5, 0.6) is 0 Å². The lowest BCUT2D eigenvalue weighted by Gasteiger charge is -2.23. The maximum Gasteiger partial charge on any atom is 0.253 e. The van der Waals surface area contributed by atoms with Gasteiger partial charge in [0.15, 0.2) is 0 Å². The average molecular weight is 411 g/mol. The molecule has 2 N–H and O–H groups in total. The summed E-state index contributed by atoms with van der Waals surface area (Å²) in [6.07, 6.45) is 2.04. The van der Waals surface area contributed by atoms with E-state index in [4.69, 9.17) is 0 Å². The molecule has 8 nitrogen and oxygen atoms in total. The Balaban J connectivity index is 2.30. The minimum Gasteiger partial charge on any atom is -0.371 e. The number of amides is 2. The monoisotopic (exact) mass is 410 g/mol. The van der Waals surface area contributed by atoms with Crippen molar-refractivity contribution in [1.82, 2.24) is 14.9 Å². The Morgan fingerprint density at radius 1 is 1.14 bits per heavy atom. The number of anilines is 1. The third-order valence-electron chi connectivity index (χ3n) is 4.36. The van der Waals surface area contributed by atoms with Crippen LogP contribution in [-0.2, 0) is 14.8 Å². The fraction of sp³-hybridized carbons (Fsp3) is 0.579. The number of hydrogen-bond donors (Lipinski definition) is 2. The van der Waals surface area contributed by atoms with E-state index in [-0.39, 0.29) is 22.9 Å². The van der Waals surface area contributed by atoms with Crippen LogP contribution in [0.3, 0.4) is 0 Å². The molecule has 28 heavy (non-hydrogen) atoms. The Hall–Kier alpha value is -2.13. The summed E-state index contributed by atoms with van der Waals surface area (Å²) in [6.45, 7) is 7.00. The van der Waals surface area contributed by atoms with Gasteiger partial charge in [-0.2, -0.15) is 0 Å². The second-order valence-electron chi connectivity index (χ2n) is 8.14. The smallest absolute Gasteiger partial charge is 0.253 e. The molecule has 0 bridgehead atoms. The van der Waals surface area contributed by atoms with Crippen LogP contribution in [0.1, 0.15) is 44.0 Å². The molecule has 1 aliphatic heterocycles. The lowest BCUT2D eigenvalue weighted by molar-refractivity contribution is -0.121. The van der Waals surface area contributed by atoms with Crippen molar-refractivity contribution in [3.63, 3.8) is 0 Å². The highest BCUT2D eigenvalue weighted by Gasteiger charge is 2.25. The van der Waals surface area contributed by atoms with Crippen LogP contribution in [0.2, 0.25) is 0 Å². The van der Waals surface area contributed by atoms with Crippen molar-refractivity contribution in [3.05, 3.63) is 23.8 Å². The standard InChI is InChI=1S/C19H30N4O4S/c1-19(2,3)21-17(24)13-20-18(25)15-12-14(28(26,27)22(4)5)8-9-16(15)23-10-6-7-11-23/h8-9,12H,6-7,10-11,13H2,1-5H3,(H,20,25)(H,21,24). The number of carbonyl (C=O) groups is 2. The molecule has 9 heteroatoms. The van der Waals surface area contributed by atoms with Gasteiger partial charge in [-0.15, -0.1) is 0 Å². The van der Waals surface area contributed by atoms with E-state index in [0.29, 0.717) is 5.69 Å². The summed E-state index contributed by atoms with van der Waals surface area (Å²) < 4.78 is 26.1. The Morgan fingerprint density at radius 2 is 1.75 bits per heavy atom. The highest BCUT2D eigenvalue weighted by molar-refractivity contribution is 7.89. The first-order chi connectivity index (χ1) is 12.9. The van der Waals surface area contributed by atoms with Gasteiger partial charge in [0.25, 0.3) is 5.91 Å². The molecule has 0 radical (unpaired) electrons. The molecule has 0 saturated carbocycles. The van der Waals surface area contributed by atoms with Gasteiger partial charge >= 0.3 is 0 Å². The Labute approximate surface area is 167 Å². The SMILES string of the molecule is CN(C)S(=O)(=O)c1ccc(N2CCCC2)c(C(=O)NCC(=O)NC(C)(C)C)c1. The molecule has 0 atom stereocenters. The van der Waals surface area contributed by atoms with E-state index in [2.05, 4.69) is 15.5 Å². The fourth-order valence-electron chi connectivity index (χ4n) is 3.02. The highest BCUT2D eigenvalue weighted by atomic mass is 32.2. The average Bonchev–Trinajstić information content (AvgIpc) is 3.11. The number of sulfonamides is 1. The number of rotatable bonds is 6. The molecule has 1 saturated heterocycles. The number of hydrogen-bond acceptors (Lipinski definition) is 5. The minimum atomic E-state index is -3.67. The third-order valence-corrected chi connectivity index (χ3v) is 6.17. The summed E-state index contributed by atoms with van der Waals surface area (Å²) in [5.41, 5.74) is 0.541. The van der Waals surface area contributed by atoms with Gasteiger partial charge < -0.3 is 15.5 Å². The zero-order valence-corrected chi connectivity index (χ0v) is 18.0. The lowest BCUT2D eigenvalue weighted by Crippen LogP contribution is -2.46. The second-order valence-corrected chi connectivity index (χ2v) is 10.3.